The van der Waals surface area contributed by atoms with Gasteiger partial charge in [0.25, 0.3) is 0 Å². The standard InChI is InChI=1S/C13H20N4/c1-10-4-5-13(16-15-10)17-8-6-12-11(9-17)3-2-7-14-12/h4-5,11-12,14H,2-3,6-9H2,1H3. The highest BCUT2D eigenvalue weighted by Crippen LogP contribution is 2.27. The zero-order chi connectivity index (χ0) is 11.7. The van der Waals surface area contributed by atoms with Crippen molar-refractivity contribution in [2.45, 2.75) is 32.2 Å². The van der Waals surface area contributed by atoms with Gasteiger partial charge in [-0.15, -0.1) is 5.10 Å². The fourth-order valence-corrected chi connectivity index (χ4v) is 3.01. The predicted octanol–water partition coefficient (Wildman–Crippen LogP) is 1.36. The monoisotopic (exact) mass is 232 g/mol. The van der Waals surface area contributed by atoms with Crippen LogP contribution in [0.3, 0.4) is 0 Å². The number of piperidine rings is 2. The van der Waals surface area contributed by atoms with Crippen LogP contribution in [0.1, 0.15) is 25.0 Å². The minimum Gasteiger partial charge on any atom is -0.355 e. The number of aryl methyl sites for hydroxylation is 1. The highest BCUT2D eigenvalue weighted by molar-refractivity contribution is 5.38. The Hall–Kier alpha value is -1.16. The van der Waals surface area contributed by atoms with Crippen LogP contribution in [0.4, 0.5) is 5.82 Å². The SMILES string of the molecule is Cc1ccc(N2CCC3NCCCC3C2)nn1. The van der Waals surface area contributed by atoms with Crippen LogP contribution in [0.15, 0.2) is 12.1 Å². The molecule has 0 saturated carbocycles. The Morgan fingerprint density at radius 1 is 1.29 bits per heavy atom. The van der Waals surface area contributed by atoms with E-state index in [-0.39, 0.29) is 0 Å². The van der Waals surface area contributed by atoms with Gasteiger partial charge in [-0.05, 0) is 50.8 Å². The van der Waals surface area contributed by atoms with Gasteiger partial charge in [-0.1, -0.05) is 0 Å². The lowest BCUT2D eigenvalue weighted by Gasteiger charge is -2.42. The molecule has 2 aliphatic rings. The third kappa shape index (κ3) is 2.27. The van der Waals surface area contributed by atoms with Gasteiger partial charge in [0.15, 0.2) is 5.82 Å². The molecule has 2 fully saturated rings. The van der Waals surface area contributed by atoms with Crippen LogP contribution in [0.5, 0.6) is 0 Å². The Bertz CT molecular complexity index is 376. The van der Waals surface area contributed by atoms with Crippen LogP contribution in [-0.2, 0) is 0 Å². The molecule has 1 aromatic heterocycles. The molecular weight excluding hydrogens is 212 g/mol. The number of fused-ring (bicyclic) bond motifs is 1. The van der Waals surface area contributed by atoms with Crippen molar-refractivity contribution < 1.29 is 0 Å². The Morgan fingerprint density at radius 2 is 2.24 bits per heavy atom. The lowest BCUT2D eigenvalue weighted by atomic mass is 9.85. The summed E-state index contributed by atoms with van der Waals surface area (Å²) in [4.78, 5) is 2.39. The Labute approximate surface area is 102 Å². The van der Waals surface area contributed by atoms with Gasteiger partial charge >= 0.3 is 0 Å². The largest absolute Gasteiger partial charge is 0.355 e. The number of nitrogens with one attached hydrogen (secondary N) is 1. The number of nitrogens with zero attached hydrogens (tertiary/aromatic N) is 3. The fourth-order valence-electron chi connectivity index (χ4n) is 3.01. The summed E-state index contributed by atoms with van der Waals surface area (Å²) in [5.74, 6) is 1.83. The van der Waals surface area contributed by atoms with Crippen molar-refractivity contribution in [3.8, 4) is 0 Å². The average Bonchev–Trinajstić information content (AvgIpc) is 2.39. The first-order valence-corrected chi connectivity index (χ1v) is 6.61. The van der Waals surface area contributed by atoms with Crippen LogP contribution in [0.25, 0.3) is 0 Å². The summed E-state index contributed by atoms with van der Waals surface area (Å²) in [6.45, 7) is 5.42. The zero-order valence-corrected chi connectivity index (χ0v) is 10.4. The molecule has 3 rings (SSSR count). The molecule has 1 N–H and O–H groups in total. The van der Waals surface area contributed by atoms with Crippen molar-refractivity contribution in [3.05, 3.63) is 17.8 Å². The molecule has 3 heterocycles. The fraction of sp³-hybridized carbons (Fsp3) is 0.692. The summed E-state index contributed by atoms with van der Waals surface area (Å²) >= 11 is 0. The van der Waals surface area contributed by atoms with E-state index in [1.54, 1.807) is 0 Å². The van der Waals surface area contributed by atoms with Crippen molar-refractivity contribution in [1.82, 2.24) is 15.5 Å². The molecule has 4 nitrogen and oxygen atoms in total. The smallest absolute Gasteiger partial charge is 0.151 e. The first-order chi connectivity index (χ1) is 8.33. The molecule has 2 atom stereocenters. The third-order valence-corrected chi connectivity index (χ3v) is 4.00. The maximum Gasteiger partial charge on any atom is 0.151 e. The molecule has 0 aliphatic carbocycles. The normalized spacial score (nSPS) is 28.9. The van der Waals surface area contributed by atoms with E-state index < -0.39 is 0 Å². The minimum absolute atomic E-state index is 0.735. The van der Waals surface area contributed by atoms with E-state index in [1.807, 2.05) is 13.0 Å². The minimum atomic E-state index is 0.735. The van der Waals surface area contributed by atoms with E-state index >= 15 is 0 Å². The molecule has 4 heteroatoms. The number of hydrogen-bond donors (Lipinski definition) is 1. The predicted molar refractivity (Wildman–Crippen MR) is 68.1 cm³/mol. The molecule has 0 radical (unpaired) electrons. The number of rotatable bonds is 1. The van der Waals surface area contributed by atoms with Crippen molar-refractivity contribution in [3.63, 3.8) is 0 Å². The first kappa shape index (κ1) is 11.0. The average molecular weight is 232 g/mol. The quantitative estimate of drug-likeness (QED) is 0.794. The van der Waals surface area contributed by atoms with E-state index in [1.165, 1.54) is 25.8 Å². The molecule has 0 bridgehead atoms. The van der Waals surface area contributed by atoms with E-state index in [9.17, 15) is 0 Å². The maximum absolute atomic E-state index is 4.30. The third-order valence-electron chi connectivity index (χ3n) is 4.00. The van der Waals surface area contributed by atoms with E-state index in [2.05, 4.69) is 26.5 Å². The second kappa shape index (κ2) is 4.61. The molecule has 0 aromatic carbocycles. The highest BCUT2D eigenvalue weighted by Gasteiger charge is 2.31. The number of hydrogen-bond acceptors (Lipinski definition) is 4. The van der Waals surface area contributed by atoms with Gasteiger partial charge < -0.3 is 10.2 Å². The summed E-state index contributed by atoms with van der Waals surface area (Å²) in [5, 5.41) is 12.1. The van der Waals surface area contributed by atoms with Gasteiger partial charge in [-0.25, -0.2) is 0 Å². The molecule has 0 amide bonds. The molecule has 17 heavy (non-hydrogen) atoms. The van der Waals surface area contributed by atoms with Crippen LogP contribution in [-0.4, -0.2) is 35.9 Å². The van der Waals surface area contributed by atoms with Crippen molar-refractivity contribution in [2.75, 3.05) is 24.5 Å². The highest BCUT2D eigenvalue weighted by atomic mass is 15.3. The van der Waals surface area contributed by atoms with Crippen LogP contribution >= 0.6 is 0 Å². The number of aromatic nitrogens is 2. The lowest BCUT2D eigenvalue weighted by molar-refractivity contribution is 0.243. The topological polar surface area (TPSA) is 41.0 Å². The molecule has 2 unspecified atom stereocenters. The molecule has 2 aliphatic heterocycles. The molecule has 0 spiro atoms. The Balaban J connectivity index is 1.71. The second-order valence-electron chi connectivity index (χ2n) is 5.23. The van der Waals surface area contributed by atoms with Crippen LogP contribution in [0.2, 0.25) is 0 Å². The van der Waals surface area contributed by atoms with Crippen molar-refractivity contribution in [1.29, 1.82) is 0 Å². The van der Waals surface area contributed by atoms with Gasteiger partial charge in [-0.3, -0.25) is 0 Å². The molecule has 92 valence electrons. The van der Waals surface area contributed by atoms with Gasteiger partial charge in [0.05, 0.1) is 5.69 Å². The second-order valence-corrected chi connectivity index (χ2v) is 5.23. The molecule has 2 saturated heterocycles. The maximum atomic E-state index is 4.30. The van der Waals surface area contributed by atoms with Gasteiger partial charge in [0.2, 0.25) is 0 Å². The van der Waals surface area contributed by atoms with Crippen LogP contribution < -0.4 is 10.2 Å². The van der Waals surface area contributed by atoms with E-state index in [4.69, 9.17) is 0 Å². The summed E-state index contributed by atoms with van der Waals surface area (Å²) in [6, 6.07) is 4.88. The summed E-state index contributed by atoms with van der Waals surface area (Å²) in [6.07, 6.45) is 3.91. The number of anilines is 1. The summed E-state index contributed by atoms with van der Waals surface area (Å²) in [5.41, 5.74) is 0.989. The van der Waals surface area contributed by atoms with Gasteiger partial charge in [0, 0.05) is 19.1 Å². The molecular formula is C13H20N4. The Kier molecular flexibility index (Phi) is 2.97. The molecule has 1 aromatic rings. The zero-order valence-electron chi connectivity index (χ0n) is 10.4. The van der Waals surface area contributed by atoms with Gasteiger partial charge in [-0.2, -0.15) is 5.10 Å². The Morgan fingerprint density at radius 3 is 3.06 bits per heavy atom. The van der Waals surface area contributed by atoms with E-state index in [0.29, 0.717) is 0 Å². The van der Waals surface area contributed by atoms with Crippen molar-refractivity contribution in [2.24, 2.45) is 5.92 Å². The lowest BCUT2D eigenvalue weighted by Crippen LogP contribution is -2.52. The van der Waals surface area contributed by atoms with Crippen LogP contribution in [0, 0.1) is 12.8 Å². The van der Waals surface area contributed by atoms with Gasteiger partial charge in [0.1, 0.15) is 0 Å². The summed E-state index contributed by atoms with van der Waals surface area (Å²) < 4.78 is 0. The van der Waals surface area contributed by atoms with Crippen molar-refractivity contribution >= 4 is 5.82 Å². The van der Waals surface area contributed by atoms with E-state index in [0.717, 1.165) is 36.6 Å². The summed E-state index contributed by atoms with van der Waals surface area (Å²) in [7, 11) is 0. The first-order valence-electron chi connectivity index (χ1n) is 6.61.